The minimum atomic E-state index is 0.237. The van der Waals surface area contributed by atoms with E-state index in [4.69, 9.17) is 5.41 Å². The molecule has 0 aromatic carbocycles. The Bertz CT molecular complexity index is 591. The van der Waals surface area contributed by atoms with E-state index in [1.54, 1.807) is 0 Å². The van der Waals surface area contributed by atoms with E-state index in [9.17, 15) is 0 Å². The average molecular weight is 343 g/mol. The number of piperidine rings is 2. The molecule has 0 aromatic rings. The van der Waals surface area contributed by atoms with E-state index in [1.165, 1.54) is 18.4 Å². The molecule has 0 spiro atoms. The number of allylic oxidation sites excluding steroid dienone is 3. The molecule has 3 N–H and O–H groups in total. The summed E-state index contributed by atoms with van der Waals surface area (Å²) >= 11 is 0. The number of rotatable bonds is 3. The fraction of sp³-hybridized carbons (Fsp3) is 0.667. The third-order valence-corrected chi connectivity index (χ3v) is 6.21. The molecule has 2 heterocycles. The Hall–Kier alpha value is -1.39. The van der Waals surface area contributed by atoms with Crippen molar-refractivity contribution >= 4 is 5.71 Å². The zero-order valence-corrected chi connectivity index (χ0v) is 16.2. The van der Waals surface area contributed by atoms with Crippen LogP contribution in [0.15, 0.2) is 35.6 Å². The third kappa shape index (κ3) is 4.42. The summed E-state index contributed by atoms with van der Waals surface area (Å²) in [5.41, 5.74) is 3.11. The molecule has 0 saturated carbocycles. The third-order valence-electron chi connectivity index (χ3n) is 6.21. The molecule has 4 heteroatoms. The van der Waals surface area contributed by atoms with E-state index in [2.05, 4.69) is 61.7 Å². The van der Waals surface area contributed by atoms with Gasteiger partial charge in [0.05, 0.1) is 5.71 Å². The number of hydrogen-bond acceptors (Lipinski definition) is 4. The van der Waals surface area contributed by atoms with Crippen LogP contribution in [0.4, 0.5) is 0 Å². The van der Waals surface area contributed by atoms with Crippen molar-refractivity contribution < 1.29 is 0 Å². The van der Waals surface area contributed by atoms with Crippen LogP contribution in [0.25, 0.3) is 0 Å². The van der Waals surface area contributed by atoms with Gasteiger partial charge < -0.3 is 20.9 Å². The van der Waals surface area contributed by atoms with Crippen LogP contribution in [0.2, 0.25) is 0 Å². The number of hydrogen-bond donors (Lipinski definition) is 3. The molecule has 0 aromatic heterocycles. The maximum absolute atomic E-state index is 8.39. The molecule has 138 valence electrons. The summed E-state index contributed by atoms with van der Waals surface area (Å²) in [4.78, 5) is 2.44. The second kappa shape index (κ2) is 7.46. The summed E-state index contributed by atoms with van der Waals surface area (Å²) in [6, 6.07) is 0.906. The lowest BCUT2D eigenvalue weighted by Gasteiger charge is -2.43. The maximum Gasteiger partial charge on any atom is 0.0630 e. The van der Waals surface area contributed by atoms with Gasteiger partial charge in [-0.05, 0) is 70.7 Å². The Morgan fingerprint density at radius 2 is 2.08 bits per heavy atom. The summed E-state index contributed by atoms with van der Waals surface area (Å²) in [6.45, 7) is 9.12. The predicted octanol–water partition coefficient (Wildman–Crippen LogP) is 3.24. The van der Waals surface area contributed by atoms with Gasteiger partial charge in [0.1, 0.15) is 0 Å². The molecule has 0 radical (unpaired) electrons. The molecule has 1 aliphatic carbocycles. The molecule has 3 rings (SSSR count). The highest BCUT2D eigenvalue weighted by Crippen LogP contribution is 2.26. The summed E-state index contributed by atoms with van der Waals surface area (Å²) < 4.78 is 0. The lowest BCUT2D eigenvalue weighted by Crippen LogP contribution is -2.52. The molecular formula is C21H34N4. The van der Waals surface area contributed by atoms with E-state index in [-0.39, 0.29) is 5.54 Å². The van der Waals surface area contributed by atoms with Crippen molar-refractivity contribution in [3.8, 4) is 0 Å². The molecule has 3 aliphatic rings. The van der Waals surface area contributed by atoms with Crippen molar-refractivity contribution in [3.05, 3.63) is 35.6 Å². The Kier molecular flexibility index (Phi) is 5.49. The number of nitrogens with one attached hydrogen (secondary N) is 3. The van der Waals surface area contributed by atoms with Gasteiger partial charge in [-0.1, -0.05) is 19.1 Å². The highest BCUT2D eigenvalue weighted by atomic mass is 15.2. The van der Waals surface area contributed by atoms with E-state index in [0.29, 0.717) is 17.8 Å². The van der Waals surface area contributed by atoms with Gasteiger partial charge in [0.15, 0.2) is 0 Å². The fourth-order valence-corrected chi connectivity index (χ4v) is 4.06. The van der Waals surface area contributed by atoms with Crippen LogP contribution in [0.5, 0.6) is 0 Å². The van der Waals surface area contributed by atoms with Gasteiger partial charge in [0.25, 0.3) is 0 Å². The van der Waals surface area contributed by atoms with E-state index in [1.807, 2.05) is 6.08 Å². The van der Waals surface area contributed by atoms with Crippen molar-refractivity contribution in [2.45, 2.75) is 64.1 Å². The van der Waals surface area contributed by atoms with Crippen molar-refractivity contribution in [1.82, 2.24) is 15.5 Å². The number of likely N-dealkylation sites (tertiary alicyclic amines) is 1. The molecule has 2 saturated heterocycles. The van der Waals surface area contributed by atoms with Crippen LogP contribution < -0.4 is 10.6 Å². The Balaban J connectivity index is 1.57. The molecule has 3 atom stereocenters. The van der Waals surface area contributed by atoms with Crippen molar-refractivity contribution in [1.29, 1.82) is 5.41 Å². The Morgan fingerprint density at radius 3 is 2.72 bits per heavy atom. The number of nitrogens with zero attached hydrogens (tertiary/aromatic N) is 1. The summed E-state index contributed by atoms with van der Waals surface area (Å²) in [7, 11) is 2.21. The first-order chi connectivity index (χ1) is 11.8. The first kappa shape index (κ1) is 18.4. The maximum atomic E-state index is 8.39. The standard InChI is InChI=1S/C21H34N4/c1-15-5-8-20(24-13-15)16-6-7-17(19(22)11-16)14-23-18-9-10-25(4)21(2,3)12-18/h6-7,11,14-15,18,20,22-24H,5,8-10,12-13H2,1-4H3/b17-14-,22-19?/t15-,18?,20+/m0/s1. The SMILES string of the molecule is C[C@H]1CC[C@H](C2=CC(=N)/C(=C\NC3CCN(C)C(C)(C)C3)C=C2)NC1. The van der Waals surface area contributed by atoms with E-state index >= 15 is 0 Å². The van der Waals surface area contributed by atoms with Gasteiger partial charge in [-0.2, -0.15) is 0 Å². The topological polar surface area (TPSA) is 51.2 Å². The highest BCUT2D eigenvalue weighted by molar-refractivity contribution is 6.10. The molecule has 2 aliphatic heterocycles. The minimum Gasteiger partial charge on any atom is -0.387 e. The van der Waals surface area contributed by atoms with Crippen LogP contribution in [-0.4, -0.2) is 48.4 Å². The van der Waals surface area contributed by atoms with E-state index < -0.39 is 0 Å². The summed E-state index contributed by atoms with van der Waals surface area (Å²) in [5, 5.41) is 15.6. The molecule has 25 heavy (non-hydrogen) atoms. The van der Waals surface area contributed by atoms with Crippen molar-refractivity contribution in [2.24, 2.45) is 5.92 Å². The monoisotopic (exact) mass is 342 g/mol. The predicted molar refractivity (Wildman–Crippen MR) is 106 cm³/mol. The fourth-order valence-electron chi connectivity index (χ4n) is 4.06. The van der Waals surface area contributed by atoms with Crippen LogP contribution >= 0.6 is 0 Å². The normalized spacial score (nSPS) is 34.9. The van der Waals surface area contributed by atoms with E-state index in [0.717, 1.165) is 37.4 Å². The second-order valence-electron chi connectivity index (χ2n) is 8.72. The first-order valence-electron chi connectivity index (χ1n) is 9.74. The van der Waals surface area contributed by atoms with Crippen LogP contribution in [0, 0.1) is 11.3 Å². The highest BCUT2D eigenvalue weighted by Gasteiger charge is 2.31. The van der Waals surface area contributed by atoms with Crippen LogP contribution in [-0.2, 0) is 0 Å². The summed E-state index contributed by atoms with van der Waals surface area (Å²) in [5.74, 6) is 0.766. The smallest absolute Gasteiger partial charge is 0.0630 e. The lowest BCUT2D eigenvalue weighted by molar-refractivity contribution is 0.0892. The summed E-state index contributed by atoms with van der Waals surface area (Å²) in [6.07, 6.45) is 13.1. The van der Waals surface area contributed by atoms with Gasteiger partial charge in [-0.25, -0.2) is 0 Å². The van der Waals surface area contributed by atoms with Gasteiger partial charge in [0.2, 0.25) is 0 Å². The Labute approximate surface area is 152 Å². The van der Waals surface area contributed by atoms with Gasteiger partial charge in [-0.15, -0.1) is 0 Å². The molecule has 4 nitrogen and oxygen atoms in total. The zero-order chi connectivity index (χ0) is 18.0. The second-order valence-corrected chi connectivity index (χ2v) is 8.72. The largest absolute Gasteiger partial charge is 0.387 e. The average Bonchev–Trinajstić information content (AvgIpc) is 2.57. The first-order valence-corrected chi connectivity index (χ1v) is 9.74. The minimum absolute atomic E-state index is 0.237. The van der Waals surface area contributed by atoms with Crippen LogP contribution in [0.1, 0.15) is 46.5 Å². The van der Waals surface area contributed by atoms with Crippen molar-refractivity contribution in [3.63, 3.8) is 0 Å². The molecule has 0 bridgehead atoms. The quantitative estimate of drug-likeness (QED) is 0.738. The zero-order valence-electron chi connectivity index (χ0n) is 16.2. The van der Waals surface area contributed by atoms with Gasteiger partial charge in [-0.3, -0.25) is 0 Å². The lowest BCUT2D eigenvalue weighted by atomic mass is 9.87. The van der Waals surface area contributed by atoms with Gasteiger partial charge in [0, 0.05) is 35.9 Å². The van der Waals surface area contributed by atoms with Crippen molar-refractivity contribution in [2.75, 3.05) is 20.1 Å². The molecule has 2 fully saturated rings. The van der Waals surface area contributed by atoms with Gasteiger partial charge >= 0.3 is 0 Å². The molecule has 1 unspecified atom stereocenters. The molecular weight excluding hydrogens is 308 g/mol. The van der Waals surface area contributed by atoms with Crippen LogP contribution in [0.3, 0.4) is 0 Å². The Morgan fingerprint density at radius 1 is 1.28 bits per heavy atom. The molecule has 0 amide bonds.